The first kappa shape index (κ1) is 81.3. The van der Waals surface area contributed by atoms with E-state index in [9.17, 15) is 39.4 Å². The van der Waals surface area contributed by atoms with Gasteiger partial charge in [-0.3, -0.25) is 34.6 Å². The monoisotopic (exact) mass is 1430 g/mol. The molecule has 1 aliphatic rings. The van der Waals surface area contributed by atoms with Gasteiger partial charge in [0.1, 0.15) is 15.0 Å². The SMILES string of the molecule is C1CCOC1.CC#N.CCOC(=O)c1nc2ccccc2s1.CCc1nc2ccccc2s1.CO.Nc1cccn(Cc2nc3ccccc3s2)c1=O.O=c1[nH]cccc1[N+](=O)[O-].O=c1c([N+](=O)[O-])cccn1Cc1nc2ccccc2s1.OCc1nc2ccccc2s1.[2H]CC.[B].[H-].[Na+]. The Morgan fingerprint density at radius 1 is 0.643 bits per heavy atom. The van der Waals surface area contributed by atoms with Crippen molar-refractivity contribution >= 4 is 139 Å². The Balaban J connectivity index is 0.000000397. The number of nitro groups is 2. The van der Waals surface area contributed by atoms with Gasteiger partial charge in [-0.25, -0.2) is 29.7 Å². The van der Waals surface area contributed by atoms with E-state index in [2.05, 4.69) is 55.0 Å². The van der Waals surface area contributed by atoms with Gasteiger partial charge >= 0.3 is 58.0 Å². The average molecular weight is 1430 g/mol. The molecule has 8 aromatic heterocycles. The number of anilines is 1. The zero-order valence-electron chi connectivity index (χ0n) is 56.5. The van der Waals surface area contributed by atoms with Crippen LogP contribution in [-0.4, -0.2) is 100 Å². The van der Waals surface area contributed by atoms with Crippen LogP contribution >= 0.6 is 56.7 Å². The molecule has 1 aliphatic heterocycles. The number of nitrogens with zero attached hydrogens (tertiary/aromatic N) is 10. The number of H-pyrrole nitrogens is 1. The maximum absolute atomic E-state index is 11.9. The smallest absolute Gasteiger partial charge is 1.00 e. The zero-order valence-corrected chi connectivity index (χ0v) is 60.5. The van der Waals surface area contributed by atoms with E-state index >= 15 is 0 Å². The molecule has 3 radical (unpaired) electrons. The Kier molecular flexibility index (Phi) is 37.7. The second kappa shape index (κ2) is 45.4. The van der Waals surface area contributed by atoms with Gasteiger partial charge in [0.15, 0.2) is 0 Å². The van der Waals surface area contributed by atoms with Crippen molar-refractivity contribution in [2.45, 2.75) is 73.6 Å². The number of hydrogen-bond acceptors (Lipinski definition) is 24. The van der Waals surface area contributed by atoms with Crippen molar-refractivity contribution in [3.05, 3.63) is 253 Å². The standard InChI is InChI=1S/C13H9N3O3S.C13H11N3OS.C10H9NO2S.C9H9NS.C8H7NOS.C5H4N2O3.C4H8O.C2H3N.C2H6.CH4O.B.Na.H/c17-13-10(16(18)19)5-3-7-15(13)8-12-14-9-4-1-2-6-11(9)20-12;14-9-4-3-7-16(13(9)17)8-12-15-10-5-1-2-6-11(10)18-12;1-2-13-10(12)9-11-7-5-3-4-6-8(7)14-9;1-2-9-10-7-5-3-4-6-8(7)11-9;10-5-8-9-6-3-1-2-4-7(6)11-8;8-5-4(7(9)10)2-1-3-6-5;1-2-4-5-3-1;1-2-3;2*1-2;;;/h1-7H,8H2;1-7H,8,14H2;3-6H,2H2,1H3;3-6H,2H2,1H3;1-4,10H,5H2;1-3H,(H,6,8);1-4H2;1H3;1-2H3;2H,1H3;;;/q;;;;;;;;;;;+1;-1/i;;;;;;;;1D;;;;. The third-order valence-corrected chi connectivity index (χ3v) is 17.5. The van der Waals surface area contributed by atoms with E-state index < -0.39 is 32.3 Å². The van der Waals surface area contributed by atoms with Crippen LogP contribution in [0.1, 0.15) is 80.1 Å². The average Bonchev–Trinajstić information content (AvgIpc) is 1.67. The van der Waals surface area contributed by atoms with Crippen LogP contribution in [0.15, 0.2) is 191 Å². The number of aliphatic hydroxyl groups excluding tert-OH is 2. The third-order valence-electron chi connectivity index (χ3n) is 12.2. The minimum Gasteiger partial charge on any atom is -1.00 e. The molecule has 0 spiro atoms. The maximum atomic E-state index is 11.9. The molecular formula is C67H71BN12NaO12S5. The Bertz CT molecular complexity index is 4580. The first-order valence-electron chi connectivity index (χ1n) is 30.0. The molecule has 0 saturated carbocycles. The van der Waals surface area contributed by atoms with Gasteiger partial charge in [0.25, 0.3) is 5.56 Å². The molecule has 0 atom stereocenters. The summed E-state index contributed by atoms with van der Waals surface area (Å²) in [5.41, 5.74) is 8.34. The number of hydrogen-bond donors (Lipinski definition) is 4. The molecular weight excluding hydrogens is 1360 g/mol. The number of pyridine rings is 3. The first-order chi connectivity index (χ1) is 47.0. The second-order valence-electron chi connectivity index (χ2n) is 18.7. The third kappa shape index (κ3) is 26.0. The summed E-state index contributed by atoms with van der Waals surface area (Å²) in [6, 6.07) is 49.8. The second-order valence-corrected chi connectivity index (χ2v) is 24.2. The molecule has 0 bridgehead atoms. The van der Waals surface area contributed by atoms with Crippen molar-refractivity contribution in [3.8, 4) is 6.07 Å². The van der Waals surface area contributed by atoms with Gasteiger partial charge in [0, 0.05) is 67.8 Å². The molecule has 0 aliphatic carbocycles. The predicted octanol–water partition coefficient (Wildman–Crippen LogP) is 10.6. The molecule has 31 heteroatoms. The van der Waals surface area contributed by atoms with E-state index in [4.69, 9.17) is 32.1 Å². The van der Waals surface area contributed by atoms with Crippen molar-refractivity contribution < 1.29 is 66.7 Å². The van der Waals surface area contributed by atoms with Gasteiger partial charge < -0.3 is 41.0 Å². The Labute approximate surface area is 610 Å². The fourth-order valence-corrected chi connectivity index (χ4v) is 12.5. The topological polar surface area (TPSA) is 353 Å². The number of aromatic amines is 1. The predicted molar refractivity (Wildman–Crippen MR) is 391 cm³/mol. The van der Waals surface area contributed by atoms with Crippen LogP contribution in [0.25, 0.3) is 51.1 Å². The Morgan fingerprint density at radius 3 is 1.40 bits per heavy atom. The van der Waals surface area contributed by atoms with Gasteiger partial charge in [0.05, 0.1) is 104 Å². The molecule has 13 aromatic rings. The van der Waals surface area contributed by atoms with Gasteiger partial charge in [-0.05, 0) is 111 Å². The number of aryl methyl sites for hydroxylation is 1. The summed E-state index contributed by atoms with van der Waals surface area (Å²) in [6.07, 6.45) is 8.20. The van der Waals surface area contributed by atoms with Crippen LogP contribution < -0.4 is 52.0 Å². The molecule has 24 nitrogen and oxygen atoms in total. The number of nitrogens with two attached hydrogens (primary N) is 1. The fraction of sp³-hybridized carbons (Fsp3) is 0.224. The number of fused-ring (bicyclic) bond motifs is 5. The fourth-order valence-electron chi connectivity index (χ4n) is 8.01. The summed E-state index contributed by atoms with van der Waals surface area (Å²) in [7, 11) is 1.00. The van der Waals surface area contributed by atoms with Crippen LogP contribution in [0.3, 0.4) is 0 Å². The van der Waals surface area contributed by atoms with Crippen LogP contribution in [0.4, 0.5) is 17.1 Å². The normalized spacial score (nSPS) is 10.6. The number of ether oxygens (including phenoxy) is 2. The molecule has 9 heterocycles. The van der Waals surface area contributed by atoms with Gasteiger partial charge in [-0.2, -0.15) is 5.26 Å². The van der Waals surface area contributed by atoms with Crippen molar-refractivity contribution in [2.24, 2.45) is 0 Å². The number of carbonyl (C=O) groups is 1. The number of nitrogens with one attached hydrogen (secondary N) is 1. The van der Waals surface area contributed by atoms with Crippen LogP contribution in [0, 0.1) is 31.6 Å². The maximum Gasteiger partial charge on any atom is 1.00 e. The van der Waals surface area contributed by atoms with Gasteiger partial charge in [-0.1, -0.05) is 81.4 Å². The number of rotatable bonds is 10. The number of carbonyl (C=O) groups excluding carboxylic acids is 1. The van der Waals surface area contributed by atoms with Crippen molar-refractivity contribution in [1.29, 1.82) is 5.26 Å². The summed E-state index contributed by atoms with van der Waals surface area (Å²) in [5.74, 6) is -0.339. The summed E-state index contributed by atoms with van der Waals surface area (Å²) in [4.78, 5) is 88.9. The van der Waals surface area contributed by atoms with Crippen LogP contribution in [0.5, 0.6) is 0 Å². The molecule has 5 N–H and O–H groups in total. The molecule has 5 aromatic carbocycles. The Hall–Kier alpha value is -9.10. The van der Waals surface area contributed by atoms with E-state index in [0.717, 1.165) is 94.2 Å². The van der Waals surface area contributed by atoms with Crippen molar-refractivity contribution in [3.63, 3.8) is 0 Å². The number of para-hydroxylation sites is 5. The van der Waals surface area contributed by atoms with E-state index in [1.165, 1.54) is 98.6 Å². The van der Waals surface area contributed by atoms with E-state index in [1.54, 1.807) is 65.5 Å². The quantitative estimate of drug-likeness (QED) is 0.0428. The van der Waals surface area contributed by atoms with E-state index in [-0.39, 0.29) is 69.8 Å². The van der Waals surface area contributed by atoms with Crippen molar-refractivity contribution in [2.75, 3.05) is 32.7 Å². The first-order valence-corrected chi connectivity index (χ1v) is 33.4. The molecule has 14 rings (SSSR count). The van der Waals surface area contributed by atoms with Crippen LogP contribution in [0.2, 0.25) is 0 Å². The Morgan fingerprint density at radius 2 is 1.02 bits per heavy atom. The number of esters is 1. The van der Waals surface area contributed by atoms with E-state index in [0.29, 0.717) is 25.1 Å². The zero-order chi connectivity index (χ0) is 70.5. The molecule has 0 amide bonds. The molecule has 505 valence electrons. The van der Waals surface area contributed by atoms with Gasteiger partial charge in [0.2, 0.25) is 5.01 Å². The number of nitriles is 1. The minimum absolute atomic E-state index is 0. The summed E-state index contributed by atoms with van der Waals surface area (Å²) < 4.78 is 24.5. The molecule has 1 saturated heterocycles. The number of aromatic nitrogens is 8. The molecule has 1 fully saturated rings. The molecule has 0 unspecified atom stereocenters. The number of thiazole rings is 5. The number of benzene rings is 5. The summed E-state index contributed by atoms with van der Waals surface area (Å²) in [6.45, 7) is 10.8. The summed E-state index contributed by atoms with van der Waals surface area (Å²) >= 11 is 7.75. The number of nitrogen functional groups attached to an aromatic ring is 1. The van der Waals surface area contributed by atoms with Crippen molar-refractivity contribution in [1.82, 2.24) is 39.0 Å². The van der Waals surface area contributed by atoms with Gasteiger partial charge in [-0.15, -0.1) is 56.7 Å². The van der Waals surface area contributed by atoms with Crippen LogP contribution in [-0.2, 0) is 35.6 Å². The van der Waals surface area contributed by atoms with E-state index in [1.807, 2.05) is 103 Å². The number of aliphatic hydroxyl groups is 2. The summed E-state index contributed by atoms with van der Waals surface area (Å²) in [5, 5.41) is 47.9. The largest absolute Gasteiger partial charge is 1.00 e. The molecule has 98 heavy (non-hydrogen) atoms. The minimum atomic E-state index is -0.723.